The van der Waals surface area contributed by atoms with Crippen molar-refractivity contribution in [1.29, 1.82) is 0 Å². The van der Waals surface area contributed by atoms with Crippen LogP contribution in [0.1, 0.15) is 200 Å². The molecule has 0 saturated heterocycles. The quantitative estimate of drug-likeness (QED) is 0.0390. The average Bonchev–Trinajstić information content (AvgIpc) is 1.57. The van der Waals surface area contributed by atoms with Gasteiger partial charge in [-0.3, -0.25) is 21.7 Å². The van der Waals surface area contributed by atoms with Gasteiger partial charge in [-0.15, -0.1) is 0 Å². The van der Waals surface area contributed by atoms with Gasteiger partial charge in [-0.2, -0.15) is 73.1 Å². The van der Waals surface area contributed by atoms with E-state index in [-0.39, 0.29) is 22.2 Å². The molecule has 20 nitrogen and oxygen atoms in total. The molecule has 25 rings (SSSR count). The number of hydrogen-bond donors (Lipinski definition) is 9. The second-order valence-corrected chi connectivity index (χ2v) is 39.8. The summed E-state index contributed by atoms with van der Waals surface area (Å²) < 4.78 is 181. The van der Waals surface area contributed by atoms with Crippen LogP contribution in [0.3, 0.4) is 0 Å². The fraction of sp³-hybridized carbons (Fsp3) is 0.345. The fourth-order valence-corrected chi connectivity index (χ4v) is 24.3. The molecule has 4 spiro atoms. The fourth-order valence-electron chi connectivity index (χ4n) is 24.3. The minimum atomic E-state index is -4.35. The molecular formula is C113H110F12N16O4. The van der Waals surface area contributed by atoms with Gasteiger partial charge in [0.2, 0.25) is 0 Å². The topological polar surface area (TPSA) is 213 Å². The number of phenols is 1. The third-order valence-electron chi connectivity index (χ3n) is 31.5. The Morgan fingerprint density at radius 2 is 0.621 bits per heavy atom. The van der Waals surface area contributed by atoms with Gasteiger partial charge < -0.3 is 58.9 Å². The summed E-state index contributed by atoms with van der Waals surface area (Å²) in [6.45, 7) is 4.44. The third-order valence-corrected chi connectivity index (χ3v) is 31.5. The highest BCUT2D eigenvalue weighted by atomic mass is 19.4. The van der Waals surface area contributed by atoms with E-state index in [2.05, 4.69) is 179 Å². The molecule has 32 heteroatoms. The summed E-state index contributed by atoms with van der Waals surface area (Å²) >= 11 is 0. The van der Waals surface area contributed by atoms with Gasteiger partial charge in [-0.05, 0) is 371 Å². The van der Waals surface area contributed by atoms with Crippen LogP contribution in [0.2, 0.25) is 0 Å². The van der Waals surface area contributed by atoms with Gasteiger partial charge in [-0.25, -0.2) is 0 Å². The lowest BCUT2D eigenvalue weighted by atomic mass is 9.77. The molecule has 12 aliphatic rings. The Bertz CT molecular complexity index is 7370. The number of halogens is 12. The number of rotatable bonds is 13. The molecular weight excluding hydrogens is 1870 g/mol. The zero-order chi connectivity index (χ0) is 99.9. The molecule has 9 N–H and O–H groups in total. The molecule has 0 radical (unpaired) electrons. The smallest absolute Gasteiger partial charge is 0.416 e. The van der Waals surface area contributed by atoms with Gasteiger partial charge in [0.1, 0.15) is 29.6 Å². The third kappa shape index (κ3) is 18.6. The van der Waals surface area contributed by atoms with Crippen LogP contribution in [-0.2, 0) is 79.2 Å². The van der Waals surface area contributed by atoms with Crippen LogP contribution >= 0.6 is 0 Å². The van der Waals surface area contributed by atoms with Crippen molar-refractivity contribution >= 4 is 89.2 Å². The number of phenolic OH excluding ortho intramolecular Hbond substituents is 1. The highest BCUT2D eigenvalue weighted by Crippen LogP contribution is 2.56. The highest BCUT2D eigenvalue weighted by molar-refractivity contribution is 6.00. The number of ether oxygens (including phenoxy) is 3. The molecule has 0 amide bonds. The van der Waals surface area contributed by atoms with E-state index >= 15 is 0 Å². The molecule has 0 fully saturated rings. The summed E-state index contributed by atoms with van der Waals surface area (Å²) in [4.78, 5) is 0. The summed E-state index contributed by atoms with van der Waals surface area (Å²) in [5.74, 6) is 2.91. The molecule has 145 heavy (non-hydrogen) atoms. The number of methoxy groups -OCH3 is 2. The van der Waals surface area contributed by atoms with Gasteiger partial charge in [0.15, 0.2) is 0 Å². The van der Waals surface area contributed by atoms with Crippen LogP contribution in [0, 0.1) is 0 Å². The second-order valence-electron chi connectivity index (χ2n) is 39.8. The minimum absolute atomic E-state index is 0.108. The van der Waals surface area contributed by atoms with Crippen molar-refractivity contribution < 1.29 is 72.0 Å². The van der Waals surface area contributed by atoms with E-state index in [1.165, 1.54) is 126 Å². The van der Waals surface area contributed by atoms with Crippen molar-refractivity contribution in [1.82, 2.24) is 39.5 Å². The number of nitrogens with zero attached hydrogens (tertiary/aromatic N) is 8. The van der Waals surface area contributed by atoms with Crippen LogP contribution in [-0.4, -0.2) is 86.6 Å². The Balaban J connectivity index is 0.000000110. The lowest BCUT2D eigenvalue weighted by Gasteiger charge is -2.45. The van der Waals surface area contributed by atoms with Crippen molar-refractivity contribution in [3.8, 4) is 23.0 Å². The molecule has 4 aliphatic carbocycles. The standard InChI is InChI=1S/C33H31F3N4O.2C27H27F3N4O.C26H25F3N4O/c34-33(35,36)23-6-8-24(9-7-23)38-39-25-12-16-32(17-13-25)18-14-29-31-27(15-19-37-29)28-20-26(10-11-30(28)40(31)32)41-21-22-4-2-1-3-5-22;1-35-20-6-7-24-22(16-20)21-11-15-31-23-10-14-26(34(24)25(21)23)12-8-19(9-13-26)33-32-18-4-2-17(3-5-18)27(28,29)30;1-35-20-6-7-21-22-11-15-31-23-10-14-26(34(25(22)23)24(21)16-20)12-8-19(9-13-26)33-32-18-4-2-17(3-5-18)27(28,29)30;27-26(28,29)16-1-3-17(4-2-16)31-32-18-7-11-25(12-8-18)13-9-22-24-20(10-14-30-22)21-15-19(34)5-6-23(21)33(24)25/h1-12,16,20,29,37-38H,13-15,17-19,21H2;2*2-8,12,16,23,31-32H,9-11,13-15H2,1H3;1-7,11,15,22,30-31,34H,8-10,12-14H2/b39-25+;2*33-19+;32-18+/t29-,32+;2*23-,26+;22-,25+/m0000/s1. The Kier molecular flexibility index (Phi) is 25.4. The average molecular weight is 1980 g/mol. The van der Waals surface area contributed by atoms with E-state index < -0.39 is 47.0 Å². The number of aromatic hydroxyl groups is 1. The SMILES string of the molecule is COc1ccc2c(c1)c1c3n2[C@@]2(C=C/C(=N\Nc4ccc(C(F)(F)F)cc4)CC2)CC[C@@H]3NCC1.COc1ccc2c3c4n(c2c1)[C@@]1(C=C/C(=N\Nc2ccc(C(F)(F)F)cc2)CC1)CC[C@@H]4NCC3.FC(F)(F)c1ccc(N/N=C2\C=C[C@@]3(CC2)CC[C@@H]2NCCc4c2n3c2ccc(OCc3ccccc3)cc42)cc1.Oc1ccc2c(c1)c1c3n2[C@@]2(C=C/C(=N\Nc4ccc(C(F)(F)F)cc4)CC2)CC[C@@H]3NCC1. The Labute approximate surface area is 829 Å². The first-order valence-electron chi connectivity index (χ1n) is 49.8. The maximum atomic E-state index is 12.9. The van der Waals surface area contributed by atoms with Crippen molar-refractivity contribution in [3.05, 3.63) is 322 Å². The number of fused-ring (bicyclic) bond motifs is 16. The number of hydrogen-bond acceptors (Lipinski definition) is 16. The molecule has 750 valence electrons. The monoisotopic (exact) mass is 1980 g/mol. The predicted molar refractivity (Wildman–Crippen MR) is 543 cm³/mol. The number of anilines is 4. The molecule has 8 atom stereocenters. The van der Waals surface area contributed by atoms with Crippen LogP contribution < -0.4 is 57.2 Å². The molecule has 0 bridgehead atoms. The van der Waals surface area contributed by atoms with Gasteiger partial charge in [-0.1, -0.05) is 54.6 Å². The number of nitrogens with one attached hydrogen (secondary N) is 8. The normalized spacial score (nSPS) is 24.2. The molecule has 9 aromatic carbocycles. The summed E-state index contributed by atoms with van der Waals surface area (Å²) in [6.07, 6.45) is 19.0. The van der Waals surface area contributed by atoms with Gasteiger partial charge in [0, 0.05) is 91.1 Å². The van der Waals surface area contributed by atoms with Crippen LogP contribution in [0.4, 0.5) is 75.4 Å². The van der Waals surface area contributed by atoms with Gasteiger partial charge in [0.05, 0.1) is 110 Å². The molecule has 4 aromatic heterocycles. The Morgan fingerprint density at radius 1 is 0.324 bits per heavy atom. The molecule has 0 saturated carbocycles. The predicted octanol–water partition coefficient (Wildman–Crippen LogP) is 25.9. The second kappa shape index (κ2) is 38.3. The Hall–Kier alpha value is -13.8. The summed E-state index contributed by atoms with van der Waals surface area (Å²) in [6, 6.07) is 56.3. The molecule has 12 heterocycles. The van der Waals surface area contributed by atoms with E-state index in [0.717, 1.165) is 260 Å². The minimum Gasteiger partial charge on any atom is -0.508 e. The highest BCUT2D eigenvalue weighted by Gasteiger charge is 2.49. The largest absolute Gasteiger partial charge is 0.508 e. The molecule has 8 aliphatic heterocycles. The first-order chi connectivity index (χ1) is 70.0. The maximum Gasteiger partial charge on any atom is 0.416 e. The molecule has 13 aromatic rings. The van der Waals surface area contributed by atoms with Gasteiger partial charge in [0.25, 0.3) is 0 Å². The number of allylic oxidation sites excluding steroid dienone is 8. The van der Waals surface area contributed by atoms with Crippen molar-refractivity contribution in [2.45, 2.75) is 206 Å². The number of alkyl halides is 12. The first-order valence-corrected chi connectivity index (χ1v) is 49.8. The van der Waals surface area contributed by atoms with Crippen LogP contribution in [0.25, 0.3) is 43.6 Å². The van der Waals surface area contributed by atoms with Crippen molar-refractivity contribution in [2.75, 3.05) is 62.1 Å². The zero-order valence-electron chi connectivity index (χ0n) is 79.9. The zero-order valence-corrected chi connectivity index (χ0v) is 79.9. The molecule has 0 unspecified atom stereocenters. The van der Waals surface area contributed by atoms with Crippen LogP contribution in [0.5, 0.6) is 23.0 Å². The van der Waals surface area contributed by atoms with Crippen LogP contribution in [0.15, 0.2) is 269 Å². The first kappa shape index (κ1) is 96.0. The van der Waals surface area contributed by atoms with E-state index in [0.29, 0.717) is 59.3 Å². The van der Waals surface area contributed by atoms with E-state index in [1.54, 1.807) is 20.3 Å². The lowest BCUT2D eigenvalue weighted by Crippen LogP contribution is -2.44. The van der Waals surface area contributed by atoms with E-state index in [9.17, 15) is 57.8 Å². The lowest BCUT2D eigenvalue weighted by molar-refractivity contribution is -0.138. The number of hydrazone groups is 4. The van der Waals surface area contributed by atoms with Gasteiger partial charge >= 0.3 is 24.7 Å². The maximum absolute atomic E-state index is 12.9. The van der Waals surface area contributed by atoms with E-state index in [4.69, 9.17) is 14.2 Å². The Morgan fingerprint density at radius 3 is 0.945 bits per heavy atom. The van der Waals surface area contributed by atoms with Crippen molar-refractivity contribution in [3.63, 3.8) is 0 Å². The summed E-state index contributed by atoms with van der Waals surface area (Å²) in [5.41, 5.74) is 31.3. The number of benzene rings is 9. The summed E-state index contributed by atoms with van der Waals surface area (Å²) in [5, 5.41) is 47.8. The van der Waals surface area contributed by atoms with E-state index in [1.807, 2.05) is 48.5 Å². The number of aromatic nitrogens is 4. The summed E-state index contributed by atoms with van der Waals surface area (Å²) in [7, 11) is 3.41. The van der Waals surface area contributed by atoms with Crippen molar-refractivity contribution in [2.24, 2.45) is 20.4 Å².